The Hall–Kier alpha value is -2.91. The van der Waals surface area contributed by atoms with Crippen LogP contribution in [0, 0.1) is 0 Å². The lowest BCUT2D eigenvalue weighted by Gasteiger charge is -2.05. The Morgan fingerprint density at radius 3 is 2.70 bits per heavy atom. The predicted octanol–water partition coefficient (Wildman–Crippen LogP) is 2.44. The van der Waals surface area contributed by atoms with Gasteiger partial charge in [0, 0.05) is 29.1 Å². The number of aryl methyl sites for hydroxylation is 1. The number of H-pyrrole nitrogens is 1. The number of amides is 1. The molecule has 1 aliphatic heterocycles. The topological polar surface area (TPSA) is 142 Å². The molecule has 5 N–H and O–H groups in total. The van der Waals surface area contributed by atoms with E-state index in [9.17, 15) is 18.0 Å². The Morgan fingerprint density at radius 2 is 1.97 bits per heavy atom. The second kappa shape index (κ2) is 7.73. The zero-order chi connectivity index (χ0) is 21.5. The predicted molar refractivity (Wildman–Crippen MR) is 112 cm³/mol. The van der Waals surface area contributed by atoms with Crippen LogP contribution in [-0.2, 0) is 38.9 Å². The second-order valence-electron chi connectivity index (χ2n) is 7.69. The Morgan fingerprint density at radius 1 is 1.20 bits per heavy atom. The number of aliphatic carboxylic acids is 1. The minimum atomic E-state index is -3.91. The van der Waals surface area contributed by atoms with E-state index in [1.54, 1.807) is 6.08 Å². The number of carbonyl (C=O) groups excluding carboxylic acids is 1. The van der Waals surface area contributed by atoms with E-state index in [2.05, 4.69) is 10.3 Å². The van der Waals surface area contributed by atoms with E-state index < -0.39 is 16.0 Å². The second-order valence-corrected chi connectivity index (χ2v) is 9.25. The van der Waals surface area contributed by atoms with Gasteiger partial charge in [0.1, 0.15) is 0 Å². The molecule has 0 saturated carbocycles. The first-order valence-corrected chi connectivity index (χ1v) is 11.4. The number of primary sulfonamides is 1. The number of benzene rings is 1. The number of rotatable bonds is 5. The molecular formula is C21H23N3O5S. The Balaban J connectivity index is 1.82. The quantitative estimate of drug-likeness (QED) is 0.426. The molecule has 0 saturated heterocycles. The number of hydrogen-bond donors (Lipinski definition) is 4. The zero-order valence-corrected chi connectivity index (χ0v) is 17.1. The van der Waals surface area contributed by atoms with Gasteiger partial charge in [0.25, 0.3) is 5.91 Å². The van der Waals surface area contributed by atoms with Crippen LogP contribution >= 0.6 is 0 Å². The molecule has 0 bridgehead atoms. The standard InChI is InChI=1S/C21H23N3O5S/c22-30(28,29)12-6-8-18-15(10-12)16(21(27)24-18)11-19-14(7-9-20(25)26)13-4-2-1-3-5-17(13)23-19/h6,8,10-11,23H,1-5,7,9H2,(H,24,27)(H,25,26)(H2,22,28,29)/b16-11-. The highest BCUT2D eigenvalue weighted by molar-refractivity contribution is 7.89. The maximum atomic E-state index is 12.6. The molecule has 2 heterocycles. The van der Waals surface area contributed by atoms with Crippen molar-refractivity contribution < 1.29 is 23.1 Å². The average molecular weight is 429 g/mol. The van der Waals surface area contributed by atoms with E-state index >= 15 is 0 Å². The van der Waals surface area contributed by atoms with Gasteiger partial charge in [0.05, 0.1) is 10.5 Å². The first-order valence-electron chi connectivity index (χ1n) is 9.88. The van der Waals surface area contributed by atoms with E-state index in [4.69, 9.17) is 10.2 Å². The Labute approximate surface area is 174 Å². The number of hydrogen-bond acceptors (Lipinski definition) is 4. The van der Waals surface area contributed by atoms with E-state index in [-0.39, 0.29) is 17.2 Å². The zero-order valence-electron chi connectivity index (χ0n) is 16.3. The van der Waals surface area contributed by atoms with Gasteiger partial charge in [-0.3, -0.25) is 9.59 Å². The summed E-state index contributed by atoms with van der Waals surface area (Å²) in [7, 11) is -3.91. The number of carboxylic acids is 1. The van der Waals surface area contributed by atoms with Crippen molar-refractivity contribution in [3.8, 4) is 0 Å². The van der Waals surface area contributed by atoms with Gasteiger partial charge in [0.15, 0.2) is 0 Å². The molecule has 2 aromatic rings. The van der Waals surface area contributed by atoms with Crippen LogP contribution in [0.3, 0.4) is 0 Å². The van der Waals surface area contributed by atoms with Gasteiger partial charge in [-0.2, -0.15) is 0 Å². The summed E-state index contributed by atoms with van der Waals surface area (Å²) in [5.41, 5.74) is 5.17. The molecule has 0 fully saturated rings. The molecule has 1 aliphatic carbocycles. The van der Waals surface area contributed by atoms with Gasteiger partial charge in [-0.25, -0.2) is 13.6 Å². The van der Waals surface area contributed by atoms with Crippen LogP contribution in [0.4, 0.5) is 5.69 Å². The molecule has 30 heavy (non-hydrogen) atoms. The van der Waals surface area contributed by atoms with E-state index in [1.165, 1.54) is 18.2 Å². The normalized spacial score (nSPS) is 17.4. The van der Waals surface area contributed by atoms with Crippen LogP contribution in [0.25, 0.3) is 11.6 Å². The molecule has 2 aliphatic rings. The van der Waals surface area contributed by atoms with Crippen molar-refractivity contribution in [2.45, 2.75) is 49.8 Å². The number of carboxylic acid groups (broad SMARTS) is 1. The number of nitrogens with one attached hydrogen (secondary N) is 2. The van der Waals surface area contributed by atoms with Gasteiger partial charge in [-0.05, 0) is 67.5 Å². The average Bonchev–Trinajstić information content (AvgIpc) is 3.05. The summed E-state index contributed by atoms with van der Waals surface area (Å²) in [6, 6.07) is 4.26. The maximum absolute atomic E-state index is 12.6. The van der Waals surface area contributed by atoms with Crippen molar-refractivity contribution in [2.75, 3.05) is 5.32 Å². The van der Waals surface area contributed by atoms with Crippen molar-refractivity contribution in [1.29, 1.82) is 0 Å². The summed E-state index contributed by atoms with van der Waals surface area (Å²) in [6.07, 6.45) is 7.05. The third-order valence-electron chi connectivity index (χ3n) is 5.67. The van der Waals surface area contributed by atoms with Crippen LogP contribution in [0.2, 0.25) is 0 Å². The highest BCUT2D eigenvalue weighted by atomic mass is 32.2. The van der Waals surface area contributed by atoms with E-state index in [0.717, 1.165) is 48.9 Å². The molecule has 0 atom stereocenters. The lowest BCUT2D eigenvalue weighted by Crippen LogP contribution is -2.12. The summed E-state index contributed by atoms with van der Waals surface area (Å²) >= 11 is 0. The molecule has 9 heteroatoms. The Kier molecular flexibility index (Phi) is 5.25. The van der Waals surface area contributed by atoms with Crippen LogP contribution in [0.15, 0.2) is 23.1 Å². The van der Waals surface area contributed by atoms with Crippen LogP contribution < -0.4 is 10.5 Å². The lowest BCUT2D eigenvalue weighted by atomic mass is 9.98. The molecule has 0 radical (unpaired) electrons. The first kappa shape index (κ1) is 20.4. The molecule has 158 valence electrons. The minimum absolute atomic E-state index is 0.00118. The fraction of sp³-hybridized carbons (Fsp3) is 0.333. The fourth-order valence-corrected chi connectivity index (χ4v) is 4.77. The van der Waals surface area contributed by atoms with Gasteiger partial charge in [-0.1, -0.05) is 6.42 Å². The molecular weight excluding hydrogens is 406 g/mol. The van der Waals surface area contributed by atoms with Crippen LogP contribution in [0.1, 0.15) is 53.8 Å². The van der Waals surface area contributed by atoms with Crippen molar-refractivity contribution in [2.24, 2.45) is 5.14 Å². The minimum Gasteiger partial charge on any atom is -0.481 e. The number of anilines is 1. The molecule has 1 aromatic heterocycles. The van der Waals surface area contributed by atoms with Crippen molar-refractivity contribution in [3.63, 3.8) is 0 Å². The summed E-state index contributed by atoms with van der Waals surface area (Å²) in [5, 5.41) is 17.1. The van der Waals surface area contributed by atoms with E-state index in [1.807, 2.05) is 0 Å². The number of fused-ring (bicyclic) bond motifs is 2. The van der Waals surface area contributed by atoms with Crippen molar-refractivity contribution in [3.05, 3.63) is 46.3 Å². The molecule has 8 nitrogen and oxygen atoms in total. The van der Waals surface area contributed by atoms with Gasteiger partial charge in [0.2, 0.25) is 10.0 Å². The number of aromatic nitrogens is 1. The van der Waals surface area contributed by atoms with Gasteiger partial charge in [-0.15, -0.1) is 0 Å². The third kappa shape index (κ3) is 3.90. The monoisotopic (exact) mass is 429 g/mol. The molecule has 0 unspecified atom stereocenters. The van der Waals surface area contributed by atoms with Crippen LogP contribution in [-0.4, -0.2) is 30.4 Å². The largest absolute Gasteiger partial charge is 0.481 e. The highest BCUT2D eigenvalue weighted by Crippen LogP contribution is 2.36. The van der Waals surface area contributed by atoms with Crippen LogP contribution in [0.5, 0.6) is 0 Å². The van der Waals surface area contributed by atoms with Gasteiger partial charge < -0.3 is 15.4 Å². The van der Waals surface area contributed by atoms with Gasteiger partial charge >= 0.3 is 5.97 Å². The molecule has 1 amide bonds. The number of carbonyl (C=O) groups is 2. The Bertz CT molecular complexity index is 1180. The SMILES string of the molecule is NS(=O)(=O)c1ccc2c(c1)/C(=C/c1[nH]c3c(c1CCC(=O)O)CCCCC3)C(=O)N2. The molecule has 1 aromatic carbocycles. The molecule has 0 spiro atoms. The highest BCUT2D eigenvalue weighted by Gasteiger charge is 2.27. The van der Waals surface area contributed by atoms with E-state index in [0.29, 0.717) is 28.9 Å². The smallest absolute Gasteiger partial charge is 0.303 e. The number of sulfonamides is 1. The summed E-state index contributed by atoms with van der Waals surface area (Å²) < 4.78 is 23.5. The van der Waals surface area contributed by atoms with Crippen molar-refractivity contribution >= 4 is 39.2 Å². The molecule has 4 rings (SSSR count). The summed E-state index contributed by atoms with van der Waals surface area (Å²) in [5.74, 6) is -1.22. The number of nitrogens with two attached hydrogens (primary N) is 1. The first-order chi connectivity index (χ1) is 14.2. The fourth-order valence-electron chi connectivity index (χ4n) is 4.23. The maximum Gasteiger partial charge on any atom is 0.303 e. The summed E-state index contributed by atoms with van der Waals surface area (Å²) in [6.45, 7) is 0. The van der Waals surface area contributed by atoms with Crippen molar-refractivity contribution in [1.82, 2.24) is 4.98 Å². The number of aromatic amines is 1. The summed E-state index contributed by atoms with van der Waals surface area (Å²) in [4.78, 5) is 27.1. The lowest BCUT2D eigenvalue weighted by molar-refractivity contribution is -0.137. The third-order valence-corrected chi connectivity index (χ3v) is 6.58.